The molecule has 0 aliphatic rings. The normalized spacial score (nSPS) is 9.43. The van der Waals surface area contributed by atoms with Crippen molar-refractivity contribution >= 4 is 0 Å². The second-order valence-corrected chi connectivity index (χ2v) is 2.49. The summed E-state index contributed by atoms with van der Waals surface area (Å²) in [6.45, 7) is 8.96. The van der Waals surface area contributed by atoms with Crippen molar-refractivity contribution in [3.8, 4) is 0 Å². The topological polar surface area (TPSA) is 0 Å². The van der Waals surface area contributed by atoms with E-state index in [-0.39, 0.29) is 18.6 Å². The Bertz CT molecular complexity index is 25.2. The molecule has 0 fully saturated rings. The molecule has 0 atom stereocenters. The molecule has 0 nitrogen and oxygen atoms in total. The summed E-state index contributed by atoms with van der Waals surface area (Å²) < 4.78 is 0. The average molecular weight is 137 g/mol. The van der Waals surface area contributed by atoms with E-state index in [0.717, 1.165) is 11.8 Å². The summed E-state index contributed by atoms with van der Waals surface area (Å²) in [6.07, 6.45) is 0. The summed E-state index contributed by atoms with van der Waals surface area (Å²) in [4.78, 5) is 0. The van der Waals surface area contributed by atoms with Crippen molar-refractivity contribution in [2.45, 2.75) is 27.7 Å². The molecule has 7 heavy (non-hydrogen) atoms. The van der Waals surface area contributed by atoms with E-state index in [0.29, 0.717) is 0 Å². The fourth-order valence-electron chi connectivity index (χ4n) is 0. The van der Waals surface area contributed by atoms with Crippen molar-refractivity contribution in [3.05, 3.63) is 0 Å². The van der Waals surface area contributed by atoms with Gasteiger partial charge in [-0.05, 0) is 11.8 Å². The summed E-state index contributed by atoms with van der Waals surface area (Å²) in [7, 11) is 0. The molecular weight excluding hydrogens is 123 g/mol. The maximum Gasteiger partial charge on any atom is 0 e. The summed E-state index contributed by atoms with van der Waals surface area (Å²) in [6, 6.07) is 0. The van der Waals surface area contributed by atoms with E-state index in [2.05, 4.69) is 27.7 Å². The van der Waals surface area contributed by atoms with E-state index >= 15 is 0 Å². The average Bonchev–Trinajstić information content (AvgIpc) is 1.36. The van der Waals surface area contributed by atoms with Crippen molar-refractivity contribution < 1.29 is 18.6 Å². The van der Waals surface area contributed by atoms with Crippen LogP contribution in [0, 0.1) is 11.8 Å². The van der Waals surface area contributed by atoms with Gasteiger partial charge >= 0.3 is 0 Å². The summed E-state index contributed by atoms with van der Waals surface area (Å²) in [5, 5.41) is 0. The van der Waals surface area contributed by atoms with Crippen LogP contribution in [0.2, 0.25) is 0 Å². The number of hydrogen-bond acceptors (Lipinski definition) is 0. The number of hydrogen-bond donors (Lipinski definition) is 0. The Morgan fingerprint density at radius 3 is 0.857 bits per heavy atom. The van der Waals surface area contributed by atoms with Crippen molar-refractivity contribution in [1.29, 1.82) is 0 Å². The Balaban J connectivity index is 0. The monoisotopic (exact) mass is 137 g/mol. The SMILES string of the molecule is CC(C)C(C)C.[V]. The molecule has 1 heteroatoms. The van der Waals surface area contributed by atoms with Crippen LogP contribution in [0.1, 0.15) is 27.7 Å². The van der Waals surface area contributed by atoms with Crippen LogP contribution in [0.4, 0.5) is 0 Å². The van der Waals surface area contributed by atoms with Gasteiger partial charge in [0.25, 0.3) is 0 Å². The summed E-state index contributed by atoms with van der Waals surface area (Å²) >= 11 is 0. The fourth-order valence-corrected chi connectivity index (χ4v) is 0. The molecule has 0 aromatic carbocycles. The third kappa shape index (κ3) is 6.58. The van der Waals surface area contributed by atoms with Gasteiger partial charge in [-0.1, -0.05) is 27.7 Å². The Labute approximate surface area is 58.6 Å². The molecule has 0 aliphatic heterocycles. The van der Waals surface area contributed by atoms with Gasteiger partial charge < -0.3 is 0 Å². The molecule has 1 radical (unpaired) electrons. The van der Waals surface area contributed by atoms with Crippen LogP contribution < -0.4 is 0 Å². The number of rotatable bonds is 1. The van der Waals surface area contributed by atoms with Gasteiger partial charge in [-0.15, -0.1) is 0 Å². The molecule has 0 rings (SSSR count). The summed E-state index contributed by atoms with van der Waals surface area (Å²) in [5.74, 6) is 1.70. The van der Waals surface area contributed by atoms with Gasteiger partial charge in [0.2, 0.25) is 0 Å². The van der Waals surface area contributed by atoms with Crippen LogP contribution in [-0.2, 0) is 18.6 Å². The van der Waals surface area contributed by atoms with E-state index < -0.39 is 0 Å². The smallest absolute Gasteiger partial charge is 0 e. The third-order valence-electron chi connectivity index (χ3n) is 1.33. The first-order chi connectivity index (χ1) is 2.64. The molecule has 0 aromatic heterocycles. The van der Waals surface area contributed by atoms with Crippen molar-refractivity contribution in [2.24, 2.45) is 11.8 Å². The van der Waals surface area contributed by atoms with Gasteiger partial charge in [0.05, 0.1) is 0 Å². The molecule has 0 aromatic rings. The fraction of sp³-hybridized carbons (Fsp3) is 1.00. The van der Waals surface area contributed by atoms with E-state index in [1.807, 2.05) is 0 Å². The van der Waals surface area contributed by atoms with Crippen molar-refractivity contribution in [2.75, 3.05) is 0 Å². The molecule has 43 valence electrons. The Hall–Kier alpha value is 0.584. The van der Waals surface area contributed by atoms with Gasteiger partial charge in [0.15, 0.2) is 0 Å². The zero-order valence-corrected chi connectivity index (χ0v) is 7.00. The molecular formula is C6H14V. The Morgan fingerprint density at radius 2 is 0.857 bits per heavy atom. The van der Waals surface area contributed by atoms with Crippen LogP contribution in [0.15, 0.2) is 0 Å². The quantitative estimate of drug-likeness (QED) is 0.520. The second-order valence-electron chi connectivity index (χ2n) is 2.49. The van der Waals surface area contributed by atoms with Crippen LogP contribution in [0.25, 0.3) is 0 Å². The van der Waals surface area contributed by atoms with Gasteiger partial charge in [0.1, 0.15) is 0 Å². The zero-order valence-electron chi connectivity index (χ0n) is 5.60. The zero-order chi connectivity index (χ0) is 5.15. The molecule has 0 heterocycles. The first-order valence-electron chi connectivity index (χ1n) is 2.64. The van der Waals surface area contributed by atoms with E-state index in [1.165, 1.54) is 0 Å². The van der Waals surface area contributed by atoms with E-state index in [1.54, 1.807) is 0 Å². The van der Waals surface area contributed by atoms with Gasteiger partial charge in [-0.3, -0.25) is 0 Å². The van der Waals surface area contributed by atoms with Gasteiger partial charge in [-0.2, -0.15) is 0 Å². The van der Waals surface area contributed by atoms with E-state index in [4.69, 9.17) is 0 Å². The second kappa shape index (κ2) is 4.74. The molecule has 0 spiro atoms. The summed E-state index contributed by atoms with van der Waals surface area (Å²) in [5.41, 5.74) is 0. The van der Waals surface area contributed by atoms with Crippen molar-refractivity contribution in [3.63, 3.8) is 0 Å². The maximum absolute atomic E-state index is 2.24. The van der Waals surface area contributed by atoms with Gasteiger partial charge in [0, 0.05) is 18.6 Å². The predicted molar refractivity (Wildman–Crippen MR) is 29.7 cm³/mol. The van der Waals surface area contributed by atoms with Crippen LogP contribution in [0.3, 0.4) is 0 Å². The third-order valence-corrected chi connectivity index (χ3v) is 1.33. The van der Waals surface area contributed by atoms with Crippen LogP contribution in [0.5, 0.6) is 0 Å². The van der Waals surface area contributed by atoms with E-state index in [9.17, 15) is 0 Å². The van der Waals surface area contributed by atoms with Crippen molar-refractivity contribution in [1.82, 2.24) is 0 Å². The molecule has 0 N–H and O–H groups in total. The largest absolute Gasteiger partial charge is 0.0625 e. The first-order valence-corrected chi connectivity index (χ1v) is 2.64. The Kier molecular flexibility index (Phi) is 7.13. The predicted octanol–water partition coefficient (Wildman–Crippen LogP) is 2.30. The molecule has 0 bridgehead atoms. The molecule has 0 saturated carbocycles. The Morgan fingerprint density at radius 1 is 0.714 bits per heavy atom. The molecule has 0 amide bonds. The molecule has 0 saturated heterocycles. The molecule has 0 unspecified atom stereocenters. The van der Waals surface area contributed by atoms with Crippen LogP contribution in [-0.4, -0.2) is 0 Å². The standard InChI is InChI=1S/C6H14.V/c1-5(2)6(3)4;/h5-6H,1-4H3;. The maximum atomic E-state index is 2.24. The van der Waals surface area contributed by atoms with Gasteiger partial charge in [-0.25, -0.2) is 0 Å². The molecule has 0 aliphatic carbocycles. The first kappa shape index (κ1) is 10.5. The minimum absolute atomic E-state index is 0. The minimum Gasteiger partial charge on any atom is -0.0625 e. The minimum atomic E-state index is 0. The van der Waals surface area contributed by atoms with Crippen LogP contribution >= 0.6 is 0 Å².